The second-order valence-corrected chi connectivity index (χ2v) is 8.88. The monoisotopic (exact) mass is 531 g/mol. The molecule has 1 unspecified atom stereocenters. The topological polar surface area (TPSA) is 42.9 Å². The van der Waals surface area contributed by atoms with E-state index in [9.17, 15) is 4.39 Å². The third-order valence-electron chi connectivity index (χ3n) is 6.80. The van der Waals surface area contributed by atoms with Gasteiger partial charge >= 0.3 is 0 Å². The Labute approximate surface area is 198 Å². The molecule has 0 radical (unpaired) electrons. The summed E-state index contributed by atoms with van der Waals surface area (Å²) in [7, 11) is 4.02. The van der Waals surface area contributed by atoms with Crippen molar-refractivity contribution in [3.63, 3.8) is 0 Å². The van der Waals surface area contributed by atoms with Gasteiger partial charge in [-0.1, -0.05) is 18.6 Å². The summed E-state index contributed by atoms with van der Waals surface area (Å²) >= 11 is 0. The second kappa shape index (κ2) is 11.6. The molecule has 2 saturated heterocycles. The van der Waals surface area contributed by atoms with E-state index in [1.54, 1.807) is 20.0 Å². The number of guanidine groups is 1. The number of benzene rings is 1. The van der Waals surface area contributed by atoms with Crippen molar-refractivity contribution in [3.8, 4) is 0 Å². The average molecular weight is 532 g/mol. The highest BCUT2D eigenvalue weighted by molar-refractivity contribution is 14.0. The van der Waals surface area contributed by atoms with Gasteiger partial charge in [-0.05, 0) is 90.0 Å². The van der Waals surface area contributed by atoms with Crippen LogP contribution in [0, 0.1) is 12.7 Å². The maximum Gasteiger partial charge on any atom is 0.191 e. The lowest BCUT2D eigenvalue weighted by molar-refractivity contribution is 0.0173. The van der Waals surface area contributed by atoms with E-state index in [4.69, 9.17) is 0 Å². The minimum Gasteiger partial charge on any atom is -0.355 e. The highest BCUT2D eigenvalue weighted by atomic mass is 127. The summed E-state index contributed by atoms with van der Waals surface area (Å²) in [5.41, 5.74) is 1.80. The van der Waals surface area contributed by atoms with E-state index in [1.165, 1.54) is 45.2 Å². The summed E-state index contributed by atoms with van der Waals surface area (Å²) in [4.78, 5) is 9.60. The van der Waals surface area contributed by atoms with Crippen LogP contribution in [0.25, 0.3) is 0 Å². The highest BCUT2D eigenvalue weighted by Gasteiger charge is 2.39. The molecule has 2 aliphatic heterocycles. The molecule has 2 fully saturated rings. The number of piperidine rings is 2. The van der Waals surface area contributed by atoms with Crippen LogP contribution >= 0.6 is 24.0 Å². The lowest BCUT2D eigenvalue weighted by atomic mass is 9.84. The third-order valence-corrected chi connectivity index (χ3v) is 6.80. The Morgan fingerprint density at radius 2 is 1.83 bits per heavy atom. The largest absolute Gasteiger partial charge is 0.355 e. The van der Waals surface area contributed by atoms with Gasteiger partial charge in [-0.3, -0.25) is 9.89 Å². The van der Waals surface area contributed by atoms with Crippen molar-refractivity contribution in [2.24, 2.45) is 4.99 Å². The van der Waals surface area contributed by atoms with Gasteiger partial charge in [0, 0.05) is 19.1 Å². The van der Waals surface area contributed by atoms with Crippen molar-refractivity contribution in [1.29, 1.82) is 0 Å². The fourth-order valence-corrected chi connectivity index (χ4v) is 4.62. The predicted molar refractivity (Wildman–Crippen MR) is 134 cm³/mol. The Morgan fingerprint density at radius 1 is 1.17 bits per heavy atom. The van der Waals surface area contributed by atoms with E-state index in [1.807, 2.05) is 19.1 Å². The number of aliphatic imine (C=N–C) groups is 1. The van der Waals surface area contributed by atoms with Gasteiger partial charge < -0.3 is 15.5 Å². The molecule has 1 atom stereocenters. The molecule has 0 amide bonds. The maximum absolute atomic E-state index is 14.0. The minimum atomic E-state index is -0.158. The van der Waals surface area contributed by atoms with Gasteiger partial charge in [0.05, 0.1) is 6.04 Å². The highest BCUT2D eigenvalue weighted by Crippen LogP contribution is 2.31. The van der Waals surface area contributed by atoms with Gasteiger partial charge in [-0.15, -0.1) is 24.0 Å². The number of nitrogens with zero attached hydrogens (tertiary/aromatic N) is 3. The summed E-state index contributed by atoms with van der Waals surface area (Å²) in [5.74, 6) is 0.628. The van der Waals surface area contributed by atoms with Crippen LogP contribution in [-0.4, -0.2) is 68.1 Å². The quantitative estimate of drug-likeness (QED) is 0.344. The zero-order chi connectivity index (χ0) is 20.9. The van der Waals surface area contributed by atoms with Crippen LogP contribution in [0.1, 0.15) is 56.2 Å². The molecule has 2 heterocycles. The summed E-state index contributed by atoms with van der Waals surface area (Å²) in [6.07, 6.45) is 6.34. The zero-order valence-electron chi connectivity index (χ0n) is 19.0. The Morgan fingerprint density at radius 3 is 2.43 bits per heavy atom. The molecule has 0 aliphatic carbocycles. The van der Waals surface area contributed by atoms with Crippen molar-refractivity contribution in [3.05, 3.63) is 35.1 Å². The number of aryl methyl sites for hydroxylation is 1. The molecule has 0 aromatic heterocycles. The van der Waals surface area contributed by atoms with Crippen LogP contribution in [0.4, 0.5) is 4.39 Å². The first-order valence-corrected chi connectivity index (χ1v) is 11.1. The molecule has 1 aromatic rings. The van der Waals surface area contributed by atoms with Gasteiger partial charge in [0.2, 0.25) is 0 Å². The fourth-order valence-electron chi connectivity index (χ4n) is 4.62. The van der Waals surface area contributed by atoms with Gasteiger partial charge in [-0.25, -0.2) is 4.39 Å². The first kappa shape index (κ1) is 25.3. The molecular formula is C23H39FIN5. The Hall–Kier alpha value is -0.930. The molecule has 2 aliphatic rings. The summed E-state index contributed by atoms with van der Waals surface area (Å²) in [5, 5.41) is 7.05. The molecule has 170 valence electrons. The number of hydrogen-bond donors (Lipinski definition) is 2. The first-order valence-electron chi connectivity index (χ1n) is 11.1. The number of rotatable bonds is 5. The summed E-state index contributed by atoms with van der Waals surface area (Å²) < 4.78 is 14.0. The van der Waals surface area contributed by atoms with Gasteiger partial charge in [0.15, 0.2) is 5.96 Å². The molecule has 1 aromatic carbocycles. The average Bonchev–Trinajstić information content (AvgIpc) is 2.75. The molecule has 5 nitrogen and oxygen atoms in total. The van der Waals surface area contributed by atoms with Crippen LogP contribution in [0.2, 0.25) is 0 Å². The van der Waals surface area contributed by atoms with Crippen LogP contribution in [0.5, 0.6) is 0 Å². The van der Waals surface area contributed by atoms with E-state index >= 15 is 0 Å². The first-order chi connectivity index (χ1) is 13.9. The second-order valence-electron chi connectivity index (χ2n) is 8.88. The van der Waals surface area contributed by atoms with Crippen molar-refractivity contribution < 1.29 is 4.39 Å². The molecule has 30 heavy (non-hydrogen) atoms. The molecule has 2 N–H and O–H groups in total. The van der Waals surface area contributed by atoms with Crippen LogP contribution < -0.4 is 10.6 Å². The van der Waals surface area contributed by atoms with Gasteiger partial charge in [-0.2, -0.15) is 0 Å². The zero-order valence-corrected chi connectivity index (χ0v) is 21.3. The van der Waals surface area contributed by atoms with Crippen LogP contribution in [0.3, 0.4) is 0 Å². The van der Waals surface area contributed by atoms with E-state index < -0.39 is 0 Å². The van der Waals surface area contributed by atoms with E-state index in [0.717, 1.165) is 31.2 Å². The molecule has 0 bridgehead atoms. The standard InChI is InChI=1S/C23H38FN5.HI/c1-18-8-9-20(16-21(18)24)19(2)27-22(25-3)26-17-23(10-14-28(4)15-11-23)29-12-6-5-7-13-29;/h8-9,16,19H,5-7,10-15,17H2,1-4H3,(H2,25,26,27);1H. The SMILES string of the molecule is CN=C(NCC1(N2CCCCC2)CCN(C)CC1)NC(C)c1ccc(C)c(F)c1.I. The lowest BCUT2D eigenvalue weighted by Gasteiger charge is -2.50. The lowest BCUT2D eigenvalue weighted by Crippen LogP contribution is -2.62. The van der Waals surface area contributed by atoms with Gasteiger partial charge in [0.1, 0.15) is 5.82 Å². The molecular weight excluding hydrogens is 492 g/mol. The molecule has 3 rings (SSSR count). The van der Waals surface area contributed by atoms with E-state index in [0.29, 0.717) is 5.56 Å². The summed E-state index contributed by atoms with van der Waals surface area (Å²) in [6, 6.07) is 5.42. The molecule has 7 heteroatoms. The van der Waals surface area contributed by atoms with Crippen molar-refractivity contribution in [2.45, 2.75) is 57.5 Å². The molecule has 0 spiro atoms. The number of likely N-dealkylation sites (tertiary alicyclic amines) is 2. The Kier molecular flexibility index (Phi) is 9.81. The predicted octanol–water partition coefficient (Wildman–Crippen LogP) is 3.93. The maximum atomic E-state index is 14.0. The van der Waals surface area contributed by atoms with Crippen molar-refractivity contribution >= 4 is 29.9 Å². The number of halogens is 2. The van der Waals surface area contributed by atoms with E-state index in [-0.39, 0.29) is 41.4 Å². The van der Waals surface area contributed by atoms with Crippen LogP contribution in [-0.2, 0) is 0 Å². The normalized spacial score (nSPS) is 21.6. The van der Waals surface area contributed by atoms with Crippen LogP contribution in [0.15, 0.2) is 23.2 Å². The molecule has 0 saturated carbocycles. The number of nitrogens with one attached hydrogen (secondary N) is 2. The number of hydrogen-bond acceptors (Lipinski definition) is 3. The Balaban J connectivity index is 0.00000320. The van der Waals surface area contributed by atoms with E-state index in [2.05, 4.69) is 32.5 Å². The third kappa shape index (κ3) is 6.29. The van der Waals surface area contributed by atoms with Gasteiger partial charge in [0.25, 0.3) is 0 Å². The minimum absolute atomic E-state index is 0. The van der Waals surface area contributed by atoms with Crippen molar-refractivity contribution in [2.75, 3.05) is 46.8 Å². The Bertz CT molecular complexity index is 697. The summed E-state index contributed by atoms with van der Waals surface area (Å²) in [6.45, 7) is 9.43. The fraction of sp³-hybridized carbons (Fsp3) is 0.696. The van der Waals surface area contributed by atoms with Crippen molar-refractivity contribution in [1.82, 2.24) is 20.4 Å². The smallest absolute Gasteiger partial charge is 0.191 e.